The summed E-state index contributed by atoms with van der Waals surface area (Å²) in [6.45, 7) is 6.42. The maximum absolute atomic E-state index is 4.39. The summed E-state index contributed by atoms with van der Waals surface area (Å²) >= 11 is 0. The average Bonchev–Trinajstić information content (AvgIpc) is 2.80. The monoisotopic (exact) mass is 205 g/mol. The van der Waals surface area contributed by atoms with Crippen LogP contribution < -0.4 is 10.2 Å². The Labute approximate surface area is 89.2 Å². The minimum atomic E-state index is 0.569. The molecule has 1 aromatic heterocycles. The summed E-state index contributed by atoms with van der Waals surface area (Å²) in [5.74, 6) is 1.48. The van der Waals surface area contributed by atoms with Gasteiger partial charge in [-0.05, 0) is 12.8 Å². The highest BCUT2D eigenvalue weighted by Crippen LogP contribution is 2.16. The molecule has 5 nitrogen and oxygen atoms in total. The summed E-state index contributed by atoms with van der Waals surface area (Å²) in [6.07, 6.45) is 5.95. The van der Waals surface area contributed by atoms with E-state index in [0.717, 1.165) is 18.9 Å². The van der Waals surface area contributed by atoms with E-state index >= 15 is 0 Å². The van der Waals surface area contributed by atoms with Gasteiger partial charge >= 0.3 is 0 Å². The molecule has 2 rings (SSSR count). The van der Waals surface area contributed by atoms with Gasteiger partial charge in [0.05, 0.1) is 6.20 Å². The molecule has 80 valence electrons. The third-order valence-corrected chi connectivity index (χ3v) is 2.38. The number of nitrogens with zero attached hydrogens (tertiary/aromatic N) is 4. The fraction of sp³-hybridized carbons (Fsp3) is 0.500. The van der Waals surface area contributed by atoms with Crippen LogP contribution in [0.25, 0.3) is 0 Å². The van der Waals surface area contributed by atoms with E-state index in [4.69, 9.17) is 0 Å². The van der Waals surface area contributed by atoms with E-state index in [1.165, 1.54) is 12.8 Å². The lowest BCUT2D eigenvalue weighted by molar-refractivity contribution is 0.885. The Morgan fingerprint density at radius 2 is 2.27 bits per heavy atom. The van der Waals surface area contributed by atoms with Crippen LogP contribution >= 0.6 is 0 Å². The van der Waals surface area contributed by atoms with Gasteiger partial charge in [0.1, 0.15) is 0 Å². The minimum absolute atomic E-state index is 0.569. The number of aromatic nitrogens is 3. The first-order valence-electron chi connectivity index (χ1n) is 5.19. The Kier molecular flexibility index (Phi) is 3.11. The van der Waals surface area contributed by atoms with E-state index < -0.39 is 0 Å². The van der Waals surface area contributed by atoms with Crippen LogP contribution in [0.3, 0.4) is 0 Å². The Bertz CT molecular complexity index is 332. The zero-order chi connectivity index (χ0) is 10.5. The van der Waals surface area contributed by atoms with Gasteiger partial charge in [0, 0.05) is 19.6 Å². The van der Waals surface area contributed by atoms with Gasteiger partial charge in [-0.3, -0.25) is 0 Å². The minimum Gasteiger partial charge on any atom is -0.355 e. The maximum atomic E-state index is 4.39. The van der Waals surface area contributed by atoms with Crippen LogP contribution in [0, 0.1) is 0 Å². The number of nitrogens with one attached hydrogen (secondary N) is 1. The van der Waals surface area contributed by atoms with Crippen molar-refractivity contribution in [3.63, 3.8) is 0 Å². The van der Waals surface area contributed by atoms with Crippen molar-refractivity contribution in [1.29, 1.82) is 0 Å². The van der Waals surface area contributed by atoms with Crippen molar-refractivity contribution in [1.82, 2.24) is 15.2 Å². The molecule has 0 aromatic carbocycles. The number of anilines is 2. The lowest BCUT2D eigenvalue weighted by Crippen LogP contribution is -2.20. The van der Waals surface area contributed by atoms with Crippen molar-refractivity contribution >= 4 is 11.8 Å². The molecule has 1 saturated heterocycles. The van der Waals surface area contributed by atoms with Crippen molar-refractivity contribution in [2.45, 2.75) is 12.8 Å². The normalized spacial score (nSPS) is 15.3. The van der Waals surface area contributed by atoms with Gasteiger partial charge < -0.3 is 10.2 Å². The molecular weight excluding hydrogens is 190 g/mol. The number of rotatable bonds is 4. The van der Waals surface area contributed by atoms with Crippen molar-refractivity contribution in [2.24, 2.45) is 0 Å². The first kappa shape index (κ1) is 9.89. The van der Waals surface area contributed by atoms with Gasteiger partial charge in [0.25, 0.3) is 0 Å². The predicted molar refractivity (Wildman–Crippen MR) is 60.0 cm³/mol. The highest BCUT2D eigenvalue weighted by molar-refractivity contribution is 5.41. The summed E-state index contributed by atoms with van der Waals surface area (Å²) in [5.41, 5.74) is 0. The van der Waals surface area contributed by atoms with Crippen molar-refractivity contribution in [3.8, 4) is 0 Å². The fourth-order valence-electron chi connectivity index (χ4n) is 1.63. The van der Waals surface area contributed by atoms with Crippen LogP contribution in [0.1, 0.15) is 12.8 Å². The quantitative estimate of drug-likeness (QED) is 0.745. The molecule has 0 radical (unpaired) electrons. The lowest BCUT2D eigenvalue weighted by Gasteiger charge is -2.15. The summed E-state index contributed by atoms with van der Waals surface area (Å²) in [6, 6.07) is 0. The second-order valence-electron chi connectivity index (χ2n) is 3.50. The molecule has 0 spiro atoms. The van der Waals surface area contributed by atoms with Gasteiger partial charge in [-0.1, -0.05) is 6.08 Å². The second-order valence-corrected chi connectivity index (χ2v) is 3.50. The Morgan fingerprint density at radius 1 is 1.47 bits per heavy atom. The summed E-state index contributed by atoms with van der Waals surface area (Å²) < 4.78 is 0. The van der Waals surface area contributed by atoms with E-state index in [0.29, 0.717) is 12.5 Å². The van der Waals surface area contributed by atoms with Gasteiger partial charge in [-0.15, -0.1) is 11.7 Å². The second kappa shape index (κ2) is 4.72. The molecular formula is C10H15N5. The SMILES string of the molecule is C=CCNc1nncc(N2CCCC2)n1. The van der Waals surface area contributed by atoms with Crippen LogP contribution in [-0.4, -0.2) is 34.8 Å². The van der Waals surface area contributed by atoms with E-state index in [-0.39, 0.29) is 0 Å². The average molecular weight is 205 g/mol. The topological polar surface area (TPSA) is 53.9 Å². The largest absolute Gasteiger partial charge is 0.355 e. The van der Waals surface area contributed by atoms with Crippen LogP contribution in [0.5, 0.6) is 0 Å². The third kappa shape index (κ3) is 2.43. The fourth-order valence-corrected chi connectivity index (χ4v) is 1.63. The molecule has 1 fully saturated rings. The summed E-state index contributed by atoms with van der Waals surface area (Å²) in [5, 5.41) is 10.9. The highest BCUT2D eigenvalue weighted by Gasteiger charge is 2.14. The van der Waals surface area contributed by atoms with Gasteiger partial charge in [0.15, 0.2) is 5.82 Å². The summed E-state index contributed by atoms with van der Waals surface area (Å²) in [7, 11) is 0. The molecule has 15 heavy (non-hydrogen) atoms. The Balaban J connectivity index is 2.07. The molecule has 0 atom stereocenters. The molecule has 1 aliphatic heterocycles. The van der Waals surface area contributed by atoms with Crippen molar-refractivity contribution in [3.05, 3.63) is 18.9 Å². The van der Waals surface area contributed by atoms with Crippen LogP contribution in [0.2, 0.25) is 0 Å². The summed E-state index contributed by atoms with van der Waals surface area (Å²) in [4.78, 5) is 6.62. The number of hydrogen-bond donors (Lipinski definition) is 1. The number of hydrogen-bond acceptors (Lipinski definition) is 5. The maximum Gasteiger partial charge on any atom is 0.244 e. The van der Waals surface area contributed by atoms with Crippen LogP contribution in [0.4, 0.5) is 11.8 Å². The van der Waals surface area contributed by atoms with E-state index in [9.17, 15) is 0 Å². The van der Waals surface area contributed by atoms with Crippen molar-refractivity contribution in [2.75, 3.05) is 29.9 Å². The van der Waals surface area contributed by atoms with E-state index in [1.807, 2.05) is 0 Å². The third-order valence-electron chi connectivity index (χ3n) is 2.38. The first-order valence-corrected chi connectivity index (χ1v) is 5.19. The molecule has 1 aromatic rings. The van der Waals surface area contributed by atoms with Crippen molar-refractivity contribution < 1.29 is 0 Å². The highest BCUT2D eigenvalue weighted by atomic mass is 15.3. The molecule has 5 heteroatoms. The standard InChI is InChI=1S/C10H15N5/c1-2-5-11-10-13-9(8-12-14-10)15-6-3-4-7-15/h2,8H,1,3-7H2,(H,11,13,14). The molecule has 1 N–H and O–H groups in total. The zero-order valence-electron chi connectivity index (χ0n) is 8.69. The first-order chi connectivity index (χ1) is 7.40. The lowest BCUT2D eigenvalue weighted by atomic mass is 10.4. The molecule has 1 aliphatic rings. The molecule has 2 heterocycles. The van der Waals surface area contributed by atoms with Gasteiger partial charge in [0.2, 0.25) is 5.95 Å². The van der Waals surface area contributed by atoms with Gasteiger partial charge in [-0.2, -0.15) is 10.1 Å². The molecule has 0 amide bonds. The van der Waals surface area contributed by atoms with Crippen LogP contribution in [-0.2, 0) is 0 Å². The zero-order valence-corrected chi connectivity index (χ0v) is 8.69. The molecule has 0 bridgehead atoms. The Hall–Kier alpha value is -1.65. The predicted octanol–water partition coefficient (Wildman–Crippen LogP) is 1.07. The molecule has 0 aliphatic carbocycles. The van der Waals surface area contributed by atoms with Gasteiger partial charge in [-0.25, -0.2) is 0 Å². The Morgan fingerprint density at radius 3 is 3.00 bits per heavy atom. The van der Waals surface area contributed by atoms with E-state index in [1.54, 1.807) is 12.3 Å². The smallest absolute Gasteiger partial charge is 0.244 e. The van der Waals surface area contributed by atoms with E-state index in [2.05, 4.69) is 32.0 Å². The molecule has 0 saturated carbocycles. The van der Waals surface area contributed by atoms with Crippen LogP contribution in [0.15, 0.2) is 18.9 Å². The molecule has 0 unspecified atom stereocenters.